The number of benzene rings is 2. The molecule has 0 radical (unpaired) electrons. The van der Waals surface area contributed by atoms with E-state index in [2.05, 4.69) is 10.1 Å². The molecule has 0 saturated heterocycles. The molecule has 2 aromatic carbocycles. The van der Waals surface area contributed by atoms with Crippen molar-refractivity contribution in [2.24, 2.45) is 0 Å². The molecule has 0 aromatic heterocycles. The van der Waals surface area contributed by atoms with Gasteiger partial charge in [0.25, 0.3) is 0 Å². The maximum Gasteiger partial charge on any atom is 0.387 e. The Kier molecular flexibility index (Phi) is 6.87. The van der Waals surface area contributed by atoms with Crippen LogP contribution in [0.4, 0.5) is 8.78 Å². The lowest BCUT2D eigenvalue weighted by Crippen LogP contribution is -2.27. The number of rotatable bonds is 8. The summed E-state index contributed by atoms with van der Waals surface area (Å²) >= 11 is 1.48. The maximum atomic E-state index is 12.0. The Bertz CT molecular complexity index is 606. The van der Waals surface area contributed by atoms with Gasteiger partial charge in [-0.15, -0.1) is 11.8 Å². The van der Waals surface area contributed by atoms with E-state index >= 15 is 0 Å². The third-order valence-electron chi connectivity index (χ3n) is 3.00. The van der Waals surface area contributed by atoms with Crippen molar-refractivity contribution in [3.05, 3.63) is 60.2 Å². The van der Waals surface area contributed by atoms with Gasteiger partial charge < -0.3 is 10.1 Å². The smallest absolute Gasteiger partial charge is 0.387 e. The van der Waals surface area contributed by atoms with E-state index in [4.69, 9.17) is 0 Å². The molecule has 0 saturated carbocycles. The maximum absolute atomic E-state index is 12.0. The van der Waals surface area contributed by atoms with Gasteiger partial charge in [-0.1, -0.05) is 30.3 Å². The van der Waals surface area contributed by atoms with Crippen LogP contribution in [0.1, 0.15) is 5.56 Å². The van der Waals surface area contributed by atoms with Crippen molar-refractivity contribution in [3.63, 3.8) is 0 Å². The summed E-state index contributed by atoms with van der Waals surface area (Å²) in [5.74, 6) is 0.467. The summed E-state index contributed by atoms with van der Waals surface area (Å²) < 4.78 is 28.4. The number of carbonyl (C=O) groups is 1. The number of thioether (sulfide) groups is 1. The summed E-state index contributed by atoms with van der Waals surface area (Å²) in [7, 11) is 0. The van der Waals surface area contributed by atoms with E-state index in [0.29, 0.717) is 18.7 Å². The van der Waals surface area contributed by atoms with Crippen LogP contribution in [0.15, 0.2) is 59.5 Å². The fourth-order valence-corrected chi connectivity index (χ4v) is 2.65. The Labute approximate surface area is 138 Å². The molecule has 0 spiro atoms. The van der Waals surface area contributed by atoms with Crippen LogP contribution in [0.5, 0.6) is 5.75 Å². The van der Waals surface area contributed by atoms with Crippen molar-refractivity contribution < 1.29 is 18.3 Å². The summed E-state index contributed by atoms with van der Waals surface area (Å²) in [6, 6.07) is 16.1. The molecular formula is C17H17F2NO2S. The van der Waals surface area contributed by atoms with Crippen molar-refractivity contribution in [2.45, 2.75) is 17.9 Å². The van der Waals surface area contributed by atoms with Gasteiger partial charge in [0.05, 0.1) is 5.75 Å². The molecule has 0 aliphatic rings. The molecule has 6 heteroatoms. The molecule has 3 nitrogen and oxygen atoms in total. The summed E-state index contributed by atoms with van der Waals surface area (Å²) in [4.78, 5) is 12.8. The third kappa shape index (κ3) is 6.69. The molecule has 1 N–H and O–H groups in total. The third-order valence-corrected chi connectivity index (χ3v) is 4.01. The number of ether oxygens (including phenoxy) is 1. The zero-order valence-corrected chi connectivity index (χ0v) is 13.2. The average Bonchev–Trinajstić information content (AvgIpc) is 2.55. The minimum Gasteiger partial charge on any atom is -0.435 e. The monoisotopic (exact) mass is 337 g/mol. The van der Waals surface area contributed by atoms with Crippen molar-refractivity contribution in [3.8, 4) is 5.75 Å². The molecule has 0 bridgehead atoms. The molecule has 0 aliphatic carbocycles. The highest BCUT2D eigenvalue weighted by Gasteiger charge is 2.05. The van der Waals surface area contributed by atoms with Gasteiger partial charge >= 0.3 is 6.61 Å². The summed E-state index contributed by atoms with van der Waals surface area (Å²) in [6.07, 6.45) is 0.636. The zero-order valence-electron chi connectivity index (χ0n) is 12.4. The van der Waals surface area contributed by atoms with Gasteiger partial charge in [-0.2, -0.15) is 8.78 Å². The molecule has 23 heavy (non-hydrogen) atoms. The first-order valence-corrected chi connectivity index (χ1v) is 8.10. The lowest BCUT2D eigenvalue weighted by atomic mass is 10.1. The van der Waals surface area contributed by atoms with Gasteiger partial charge in [0.2, 0.25) is 5.91 Å². The van der Waals surface area contributed by atoms with Crippen molar-refractivity contribution in [2.75, 3.05) is 12.3 Å². The molecule has 122 valence electrons. The molecule has 0 aliphatic heterocycles. The van der Waals surface area contributed by atoms with Crippen LogP contribution in [-0.4, -0.2) is 24.8 Å². The van der Waals surface area contributed by atoms with Crippen LogP contribution >= 0.6 is 11.8 Å². The quantitative estimate of drug-likeness (QED) is 0.746. The van der Waals surface area contributed by atoms with Gasteiger partial charge in [-0.05, 0) is 36.2 Å². The largest absolute Gasteiger partial charge is 0.435 e. The van der Waals surface area contributed by atoms with Gasteiger partial charge in [0.1, 0.15) is 5.75 Å². The number of carbonyl (C=O) groups excluding carboxylic acids is 1. The first-order valence-electron chi connectivity index (χ1n) is 7.12. The fraction of sp³-hybridized carbons (Fsp3) is 0.235. The van der Waals surface area contributed by atoms with Crippen LogP contribution in [0, 0.1) is 0 Å². The lowest BCUT2D eigenvalue weighted by molar-refractivity contribution is -0.118. The Morgan fingerprint density at radius 1 is 1.09 bits per heavy atom. The highest BCUT2D eigenvalue weighted by atomic mass is 32.2. The van der Waals surface area contributed by atoms with Crippen molar-refractivity contribution in [1.82, 2.24) is 5.32 Å². The van der Waals surface area contributed by atoms with Gasteiger partial charge in [0.15, 0.2) is 0 Å². The van der Waals surface area contributed by atoms with Crippen LogP contribution in [0.2, 0.25) is 0 Å². The lowest BCUT2D eigenvalue weighted by Gasteiger charge is -2.07. The molecule has 2 rings (SSSR count). The number of amides is 1. The Morgan fingerprint density at radius 3 is 2.43 bits per heavy atom. The van der Waals surface area contributed by atoms with Crippen LogP contribution in [-0.2, 0) is 11.2 Å². The second-order valence-corrected chi connectivity index (χ2v) is 5.77. The van der Waals surface area contributed by atoms with E-state index in [-0.39, 0.29) is 11.7 Å². The second kappa shape index (κ2) is 9.15. The van der Waals surface area contributed by atoms with E-state index in [1.807, 2.05) is 30.3 Å². The molecule has 0 heterocycles. The second-order valence-electron chi connectivity index (χ2n) is 4.72. The van der Waals surface area contributed by atoms with E-state index in [0.717, 1.165) is 10.5 Å². The fourth-order valence-electron chi connectivity index (χ4n) is 1.90. The van der Waals surface area contributed by atoms with Gasteiger partial charge in [0, 0.05) is 11.4 Å². The van der Waals surface area contributed by atoms with E-state index in [1.165, 1.54) is 23.9 Å². The molecule has 0 unspecified atom stereocenters. The molecule has 0 atom stereocenters. The summed E-state index contributed by atoms with van der Waals surface area (Å²) in [5.41, 5.74) is 0.947. The van der Waals surface area contributed by atoms with Gasteiger partial charge in [-0.3, -0.25) is 4.79 Å². The Hall–Kier alpha value is -2.08. The van der Waals surface area contributed by atoms with Crippen molar-refractivity contribution >= 4 is 17.7 Å². The van der Waals surface area contributed by atoms with Crippen LogP contribution in [0.3, 0.4) is 0 Å². The van der Waals surface area contributed by atoms with Gasteiger partial charge in [-0.25, -0.2) is 0 Å². The number of nitrogens with one attached hydrogen (secondary N) is 1. The first kappa shape index (κ1) is 17.3. The average molecular weight is 337 g/mol. The van der Waals surface area contributed by atoms with Crippen LogP contribution < -0.4 is 10.1 Å². The molecule has 0 fully saturated rings. The normalized spacial score (nSPS) is 10.6. The minimum atomic E-state index is -2.82. The summed E-state index contributed by atoms with van der Waals surface area (Å²) in [6.45, 7) is -2.31. The molecular weight excluding hydrogens is 320 g/mol. The number of halogens is 2. The van der Waals surface area contributed by atoms with Crippen LogP contribution in [0.25, 0.3) is 0 Å². The Balaban J connectivity index is 1.67. The van der Waals surface area contributed by atoms with E-state index in [9.17, 15) is 13.6 Å². The van der Waals surface area contributed by atoms with E-state index in [1.54, 1.807) is 12.1 Å². The molecule has 1 amide bonds. The minimum absolute atomic E-state index is 0.0310. The van der Waals surface area contributed by atoms with E-state index < -0.39 is 6.61 Å². The Morgan fingerprint density at radius 2 is 1.78 bits per heavy atom. The summed E-state index contributed by atoms with van der Waals surface area (Å²) in [5, 5.41) is 2.84. The predicted octanol–water partition coefficient (Wildman–Crippen LogP) is 3.74. The highest BCUT2D eigenvalue weighted by molar-refractivity contribution is 8.00. The standard InChI is InChI=1S/C17H17F2NO2S/c18-17(19)22-14-8-6-13(7-9-14)10-11-20-16(21)12-23-15-4-2-1-3-5-15/h1-9,17H,10-12H2,(H,20,21). The first-order chi connectivity index (χ1) is 11.1. The topological polar surface area (TPSA) is 38.3 Å². The SMILES string of the molecule is O=C(CSc1ccccc1)NCCc1ccc(OC(F)F)cc1. The molecule has 2 aromatic rings. The number of hydrogen-bond donors (Lipinski definition) is 1. The number of hydrogen-bond acceptors (Lipinski definition) is 3. The zero-order chi connectivity index (χ0) is 16.5. The highest BCUT2D eigenvalue weighted by Crippen LogP contribution is 2.16. The number of alkyl halides is 2. The predicted molar refractivity (Wildman–Crippen MR) is 87.0 cm³/mol. The van der Waals surface area contributed by atoms with Crippen molar-refractivity contribution in [1.29, 1.82) is 0 Å².